The summed E-state index contributed by atoms with van der Waals surface area (Å²) in [4.78, 5) is 14.4. The summed E-state index contributed by atoms with van der Waals surface area (Å²) < 4.78 is 10.3. The van der Waals surface area contributed by atoms with Gasteiger partial charge in [0.15, 0.2) is 16.6 Å². The third-order valence-electron chi connectivity index (χ3n) is 4.16. The average Bonchev–Trinajstić information content (AvgIpc) is 2.88. The number of aryl methyl sites for hydroxylation is 2. The monoisotopic (exact) mass is 384 g/mol. The first-order valence-electron chi connectivity index (χ1n) is 8.24. The molecule has 1 amide bonds. The Morgan fingerprint density at radius 1 is 1.04 bits per heavy atom. The van der Waals surface area contributed by atoms with Crippen molar-refractivity contribution in [1.29, 1.82) is 0 Å². The molecule has 0 unspecified atom stereocenters. The van der Waals surface area contributed by atoms with Gasteiger partial charge in [-0.1, -0.05) is 6.07 Å². The highest BCUT2D eigenvalue weighted by atomic mass is 32.1. The van der Waals surface area contributed by atoms with E-state index < -0.39 is 0 Å². The van der Waals surface area contributed by atoms with Gasteiger partial charge in [-0.2, -0.15) is 0 Å². The summed E-state index contributed by atoms with van der Waals surface area (Å²) in [7, 11) is 2.89. The van der Waals surface area contributed by atoms with Gasteiger partial charge in [0.25, 0.3) is 5.91 Å². The number of thiocarbonyl (C=S) groups is 1. The van der Waals surface area contributed by atoms with E-state index in [1.54, 1.807) is 18.2 Å². The zero-order valence-corrected chi connectivity index (χ0v) is 16.3. The number of anilines is 1. The van der Waals surface area contributed by atoms with Crippen molar-refractivity contribution in [2.75, 3.05) is 19.1 Å². The highest BCUT2D eigenvalue weighted by Crippen LogP contribution is 2.38. The molecule has 1 aliphatic heterocycles. The number of nitrogens with zero attached hydrogens (tertiary/aromatic N) is 1. The number of ether oxygens (including phenoxy) is 2. The van der Waals surface area contributed by atoms with E-state index in [2.05, 4.69) is 5.32 Å². The van der Waals surface area contributed by atoms with Gasteiger partial charge in [-0.25, -0.2) is 0 Å². The maximum atomic E-state index is 12.9. The largest absolute Gasteiger partial charge is 0.502 e. The average molecular weight is 384 g/mol. The fourth-order valence-electron chi connectivity index (χ4n) is 3.01. The molecule has 0 saturated carbocycles. The van der Waals surface area contributed by atoms with E-state index in [4.69, 9.17) is 21.7 Å². The number of aromatic hydroxyl groups is 1. The number of phenols is 1. The lowest BCUT2D eigenvalue weighted by Gasteiger charge is -2.15. The fourth-order valence-corrected chi connectivity index (χ4v) is 3.31. The second-order valence-corrected chi connectivity index (χ2v) is 6.64. The standard InChI is InChI=1S/C20H20N2O4S/c1-11-5-12(2)7-14(6-11)22-19(24)15(21-20(22)27)8-13-9-16(25-3)18(23)17(10-13)26-4/h5-10,23H,1-4H3,(H,21,27)/b15-8-. The zero-order valence-electron chi connectivity index (χ0n) is 15.5. The number of carbonyl (C=O) groups excluding carboxylic acids is 1. The van der Waals surface area contributed by atoms with Gasteiger partial charge in [0.1, 0.15) is 5.70 Å². The number of benzene rings is 2. The topological polar surface area (TPSA) is 71.0 Å². The maximum absolute atomic E-state index is 12.9. The van der Waals surface area contributed by atoms with Crippen molar-refractivity contribution in [2.45, 2.75) is 13.8 Å². The third-order valence-corrected chi connectivity index (χ3v) is 4.44. The minimum Gasteiger partial charge on any atom is -0.502 e. The summed E-state index contributed by atoms with van der Waals surface area (Å²) in [6.45, 7) is 3.94. The van der Waals surface area contributed by atoms with Gasteiger partial charge in [-0.05, 0) is 73.1 Å². The molecule has 0 aliphatic carbocycles. The van der Waals surface area contributed by atoms with Gasteiger partial charge in [-0.15, -0.1) is 0 Å². The molecule has 3 rings (SSSR count). The Bertz CT molecular complexity index is 923. The molecule has 6 nitrogen and oxygen atoms in total. The van der Waals surface area contributed by atoms with Crippen LogP contribution in [0.2, 0.25) is 0 Å². The highest BCUT2D eigenvalue weighted by Gasteiger charge is 2.32. The molecule has 0 atom stereocenters. The van der Waals surface area contributed by atoms with Crippen LogP contribution in [-0.4, -0.2) is 30.3 Å². The molecule has 1 saturated heterocycles. The Labute approximate surface area is 163 Å². The zero-order chi connectivity index (χ0) is 19.7. The molecule has 0 aromatic heterocycles. The van der Waals surface area contributed by atoms with Crippen LogP contribution in [0.5, 0.6) is 17.2 Å². The van der Waals surface area contributed by atoms with E-state index >= 15 is 0 Å². The van der Waals surface area contributed by atoms with Crippen molar-refractivity contribution in [3.63, 3.8) is 0 Å². The Kier molecular flexibility index (Phi) is 5.05. The summed E-state index contributed by atoms with van der Waals surface area (Å²) in [6, 6.07) is 9.08. The van der Waals surface area contributed by atoms with E-state index in [-0.39, 0.29) is 23.2 Å². The van der Waals surface area contributed by atoms with Gasteiger partial charge >= 0.3 is 0 Å². The van der Waals surface area contributed by atoms with E-state index in [1.807, 2.05) is 32.0 Å². The van der Waals surface area contributed by atoms with Crippen molar-refractivity contribution < 1.29 is 19.4 Å². The molecule has 0 bridgehead atoms. The highest BCUT2D eigenvalue weighted by molar-refractivity contribution is 7.80. The number of amides is 1. The van der Waals surface area contributed by atoms with Crippen LogP contribution in [0.4, 0.5) is 5.69 Å². The third kappa shape index (κ3) is 3.59. The first kappa shape index (κ1) is 18.7. The second-order valence-electron chi connectivity index (χ2n) is 6.25. The van der Waals surface area contributed by atoms with Crippen molar-refractivity contribution in [1.82, 2.24) is 5.32 Å². The van der Waals surface area contributed by atoms with E-state index in [0.29, 0.717) is 16.4 Å². The van der Waals surface area contributed by atoms with Crippen molar-refractivity contribution in [2.24, 2.45) is 0 Å². The molecule has 27 heavy (non-hydrogen) atoms. The lowest BCUT2D eigenvalue weighted by Crippen LogP contribution is -2.30. The van der Waals surface area contributed by atoms with Gasteiger partial charge in [0.05, 0.1) is 19.9 Å². The number of hydrogen-bond donors (Lipinski definition) is 2. The molecule has 0 radical (unpaired) electrons. The predicted molar refractivity (Wildman–Crippen MR) is 108 cm³/mol. The molecule has 1 aliphatic rings. The molecule has 2 N–H and O–H groups in total. The number of carbonyl (C=O) groups is 1. The van der Waals surface area contributed by atoms with Gasteiger partial charge in [0.2, 0.25) is 5.75 Å². The summed E-state index contributed by atoms with van der Waals surface area (Å²) >= 11 is 5.36. The molecule has 2 aromatic rings. The molecule has 7 heteroatoms. The lowest BCUT2D eigenvalue weighted by atomic mass is 10.1. The molecule has 1 heterocycles. The molecule has 2 aromatic carbocycles. The maximum Gasteiger partial charge on any atom is 0.281 e. The molecule has 1 fully saturated rings. The Morgan fingerprint density at radius 2 is 1.59 bits per heavy atom. The molecular weight excluding hydrogens is 364 g/mol. The number of hydrogen-bond acceptors (Lipinski definition) is 5. The minimum atomic E-state index is -0.254. The van der Waals surface area contributed by atoms with Crippen LogP contribution in [0.15, 0.2) is 36.0 Å². The van der Waals surface area contributed by atoms with Crippen LogP contribution in [0, 0.1) is 13.8 Å². The van der Waals surface area contributed by atoms with Crippen LogP contribution < -0.4 is 19.7 Å². The number of methoxy groups -OCH3 is 2. The molecule has 0 spiro atoms. The smallest absolute Gasteiger partial charge is 0.281 e. The van der Waals surface area contributed by atoms with Crippen molar-refractivity contribution in [3.8, 4) is 17.2 Å². The summed E-state index contributed by atoms with van der Waals surface area (Å²) in [5.74, 6) is 0.150. The molecular formula is C20H20N2O4S. The first-order chi connectivity index (χ1) is 12.8. The predicted octanol–water partition coefficient (Wildman–Crippen LogP) is 3.29. The number of phenolic OH excluding ortho intramolecular Hbond substituents is 1. The first-order valence-corrected chi connectivity index (χ1v) is 8.65. The van der Waals surface area contributed by atoms with E-state index in [0.717, 1.165) is 16.8 Å². The van der Waals surface area contributed by atoms with Crippen molar-refractivity contribution >= 4 is 35.0 Å². The Balaban J connectivity index is 2.00. The van der Waals surface area contributed by atoms with Crippen LogP contribution in [0.1, 0.15) is 16.7 Å². The fraction of sp³-hybridized carbons (Fsp3) is 0.200. The number of nitrogens with one attached hydrogen (secondary N) is 1. The van der Waals surface area contributed by atoms with Gasteiger partial charge in [0, 0.05) is 0 Å². The van der Waals surface area contributed by atoms with E-state index in [1.165, 1.54) is 19.1 Å². The summed E-state index contributed by atoms with van der Waals surface area (Å²) in [5.41, 5.74) is 3.77. The summed E-state index contributed by atoms with van der Waals surface area (Å²) in [5, 5.41) is 13.3. The van der Waals surface area contributed by atoms with Gasteiger partial charge < -0.3 is 19.9 Å². The van der Waals surface area contributed by atoms with Crippen LogP contribution in [-0.2, 0) is 4.79 Å². The van der Waals surface area contributed by atoms with E-state index in [9.17, 15) is 9.90 Å². The van der Waals surface area contributed by atoms with Crippen molar-refractivity contribution in [3.05, 3.63) is 52.7 Å². The lowest BCUT2D eigenvalue weighted by molar-refractivity contribution is -0.113. The van der Waals surface area contributed by atoms with Gasteiger partial charge in [-0.3, -0.25) is 9.69 Å². The quantitative estimate of drug-likeness (QED) is 0.623. The Morgan fingerprint density at radius 3 is 2.11 bits per heavy atom. The normalized spacial score (nSPS) is 15.3. The SMILES string of the molecule is COc1cc(/C=C2\NC(=S)N(c3cc(C)cc(C)c3)C2=O)cc(OC)c1O. The summed E-state index contributed by atoms with van der Waals surface area (Å²) in [6.07, 6.45) is 1.64. The van der Waals surface area contributed by atoms with Crippen LogP contribution in [0.25, 0.3) is 6.08 Å². The Hall–Kier alpha value is -3.06. The van der Waals surface area contributed by atoms with Crippen LogP contribution >= 0.6 is 12.2 Å². The minimum absolute atomic E-state index is 0.0970. The number of rotatable bonds is 4. The molecule has 140 valence electrons. The second kappa shape index (κ2) is 7.28. The van der Waals surface area contributed by atoms with Crippen LogP contribution in [0.3, 0.4) is 0 Å².